The summed E-state index contributed by atoms with van der Waals surface area (Å²) >= 11 is 0. The fourth-order valence-electron chi connectivity index (χ4n) is 1.88. The van der Waals surface area contributed by atoms with Gasteiger partial charge in [-0.3, -0.25) is 4.90 Å². The average Bonchev–Trinajstić information content (AvgIpc) is 2.88. The van der Waals surface area contributed by atoms with E-state index in [-0.39, 0.29) is 0 Å². The van der Waals surface area contributed by atoms with Gasteiger partial charge >= 0.3 is 0 Å². The molecule has 1 fully saturated rings. The average molecular weight is 208 g/mol. The maximum Gasteiger partial charge on any atom is 0.118 e. The molecule has 1 aromatic heterocycles. The van der Waals surface area contributed by atoms with Crippen molar-refractivity contribution in [2.45, 2.75) is 25.9 Å². The number of nitrogens with zero attached hydrogens (tertiary/aromatic N) is 1. The zero-order chi connectivity index (χ0) is 10.7. The fourth-order valence-corrected chi connectivity index (χ4v) is 1.88. The molecule has 2 rings (SSSR count). The summed E-state index contributed by atoms with van der Waals surface area (Å²) in [6.45, 7) is 3.03. The Balaban J connectivity index is 1.80. The molecular weight excluding hydrogens is 188 g/mol. The minimum atomic E-state index is 0.885. The lowest BCUT2D eigenvalue weighted by Gasteiger charge is -2.13. The van der Waals surface area contributed by atoms with Crippen LogP contribution in [-0.2, 0) is 13.1 Å². The zero-order valence-corrected chi connectivity index (χ0v) is 9.62. The Morgan fingerprint density at radius 3 is 3.00 bits per heavy atom. The van der Waals surface area contributed by atoms with E-state index in [1.54, 1.807) is 0 Å². The Morgan fingerprint density at radius 2 is 2.33 bits per heavy atom. The molecule has 0 saturated heterocycles. The van der Waals surface area contributed by atoms with Gasteiger partial charge in [0.05, 0.1) is 12.8 Å². The molecule has 0 radical (unpaired) electrons. The summed E-state index contributed by atoms with van der Waals surface area (Å²) in [6.07, 6.45) is 4.66. The predicted octanol–water partition coefficient (Wildman–Crippen LogP) is 1.84. The summed E-state index contributed by atoms with van der Waals surface area (Å²) in [6, 6.07) is 2.14. The van der Waals surface area contributed by atoms with Gasteiger partial charge in [-0.1, -0.05) is 0 Å². The predicted molar refractivity (Wildman–Crippen MR) is 60.5 cm³/mol. The van der Waals surface area contributed by atoms with Crippen LogP contribution in [0.1, 0.15) is 24.2 Å². The van der Waals surface area contributed by atoms with Gasteiger partial charge < -0.3 is 9.73 Å². The molecule has 1 aromatic rings. The van der Waals surface area contributed by atoms with Crippen molar-refractivity contribution in [3.63, 3.8) is 0 Å². The van der Waals surface area contributed by atoms with E-state index in [1.165, 1.54) is 24.9 Å². The summed E-state index contributed by atoms with van der Waals surface area (Å²) in [5.41, 5.74) is 1.23. The maximum absolute atomic E-state index is 5.51. The molecule has 0 aliphatic heterocycles. The monoisotopic (exact) mass is 208 g/mol. The van der Waals surface area contributed by atoms with Crippen LogP contribution in [0.25, 0.3) is 0 Å². The van der Waals surface area contributed by atoms with Gasteiger partial charge in [0.2, 0.25) is 0 Å². The third kappa shape index (κ3) is 3.36. The number of furan rings is 1. The van der Waals surface area contributed by atoms with E-state index < -0.39 is 0 Å². The quantitative estimate of drug-likeness (QED) is 0.773. The summed E-state index contributed by atoms with van der Waals surface area (Å²) in [7, 11) is 4.12. The molecule has 1 heterocycles. The van der Waals surface area contributed by atoms with Gasteiger partial charge in [-0.15, -0.1) is 0 Å². The second-order valence-electron chi connectivity index (χ2n) is 4.59. The minimum absolute atomic E-state index is 0.885. The first-order valence-corrected chi connectivity index (χ1v) is 5.67. The first-order chi connectivity index (χ1) is 7.28. The highest BCUT2D eigenvalue weighted by molar-refractivity contribution is 5.12. The van der Waals surface area contributed by atoms with Crippen LogP contribution < -0.4 is 5.32 Å². The van der Waals surface area contributed by atoms with Crippen molar-refractivity contribution in [1.82, 2.24) is 10.2 Å². The normalized spacial score (nSPS) is 16.2. The molecule has 3 heteroatoms. The molecular formula is C12H20N2O. The smallest absolute Gasteiger partial charge is 0.118 e. The Labute approximate surface area is 91.4 Å². The molecule has 0 aromatic carbocycles. The summed E-state index contributed by atoms with van der Waals surface area (Å²) in [5.74, 6) is 2.02. The van der Waals surface area contributed by atoms with Gasteiger partial charge in [-0.05, 0) is 38.9 Å². The Morgan fingerprint density at radius 1 is 1.53 bits per heavy atom. The third-order valence-corrected chi connectivity index (χ3v) is 2.78. The lowest BCUT2D eigenvalue weighted by Crippen LogP contribution is -2.19. The third-order valence-electron chi connectivity index (χ3n) is 2.78. The van der Waals surface area contributed by atoms with Crippen LogP contribution in [0.4, 0.5) is 0 Å². The molecule has 0 spiro atoms. The lowest BCUT2D eigenvalue weighted by molar-refractivity contribution is 0.284. The van der Waals surface area contributed by atoms with E-state index in [1.807, 2.05) is 13.3 Å². The van der Waals surface area contributed by atoms with Crippen LogP contribution in [0.5, 0.6) is 0 Å². The highest BCUT2D eigenvalue weighted by atomic mass is 16.3. The van der Waals surface area contributed by atoms with Crippen molar-refractivity contribution in [2.75, 3.05) is 20.6 Å². The van der Waals surface area contributed by atoms with Crippen molar-refractivity contribution in [3.8, 4) is 0 Å². The Kier molecular flexibility index (Phi) is 3.44. The highest BCUT2D eigenvalue weighted by Crippen LogP contribution is 2.29. The van der Waals surface area contributed by atoms with Crippen molar-refractivity contribution in [2.24, 2.45) is 5.92 Å². The van der Waals surface area contributed by atoms with Gasteiger partial charge in [0.15, 0.2) is 0 Å². The van der Waals surface area contributed by atoms with E-state index in [0.29, 0.717) is 0 Å². The van der Waals surface area contributed by atoms with Crippen LogP contribution in [-0.4, -0.2) is 25.5 Å². The molecule has 1 aliphatic rings. The van der Waals surface area contributed by atoms with Crippen molar-refractivity contribution >= 4 is 0 Å². The molecule has 0 amide bonds. The molecule has 0 atom stereocenters. The number of hydrogen-bond acceptors (Lipinski definition) is 3. The van der Waals surface area contributed by atoms with Crippen LogP contribution in [0.2, 0.25) is 0 Å². The van der Waals surface area contributed by atoms with E-state index >= 15 is 0 Å². The van der Waals surface area contributed by atoms with E-state index in [0.717, 1.165) is 24.8 Å². The number of nitrogens with one attached hydrogen (secondary N) is 1. The van der Waals surface area contributed by atoms with Gasteiger partial charge in [0.1, 0.15) is 5.76 Å². The summed E-state index contributed by atoms with van der Waals surface area (Å²) in [5, 5.41) is 3.12. The summed E-state index contributed by atoms with van der Waals surface area (Å²) in [4.78, 5) is 2.35. The van der Waals surface area contributed by atoms with Gasteiger partial charge in [0, 0.05) is 18.7 Å². The molecule has 1 saturated carbocycles. The topological polar surface area (TPSA) is 28.4 Å². The van der Waals surface area contributed by atoms with Crippen molar-refractivity contribution in [3.05, 3.63) is 23.7 Å². The largest absolute Gasteiger partial charge is 0.468 e. The molecule has 0 bridgehead atoms. The first-order valence-electron chi connectivity index (χ1n) is 5.67. The second-order valence-corrected chi connectivity index (χ2v) is 4.59. The maximum atomic E-state index is 5.51. The Bertz CT molecular complexity index is 304. The molecule has 84 valence electrons. The zero-order valence-electron chi connectivity index (χ0n) is 9.62. The van der Waals surface area contributed by atoms with Crippen LogP contribution in [0.15, 0.2) is 16.7 Å². The van der Waals surface area contributed by atoms with E-state index in [4.69, 9.17) is 4.42 Å². The van der Waals surface area contributed by atoms with Crippen molar-refractivity contribution in [1.29, 1.82) is 0 Å². The summed E-state index contributed by atoms with van der Waals surface area (Å²) < 4.78 is 5.51. The molecule has 1 aliphatic carbocycles. The van der Waals surface area contributed by atoms with Crippen LogP contribution in [0.3, 0.4) is 0 Å². The lowest BCUT2D eigenvalue weighted by atomic mass is 10.3. The molecule has 0 unspecified atom stereocenters. The molecule has 1 N–H and O–H groups in total. The molecule has 3 nitrogen and oxygen atoms in total. The first kappa shape index (κ1) is 10.7. The van der Waals surface area contributed by atoms with Crippen molar-refractivity contribution < 1.29 is 4.42 Å². The van der Waals surface area contributed by atoms with E-state index in [2.05, 4.69) is 23.3 Å². The fraction of sp³-hybridized carbons (Fsp3) is 0.667. The van der Waals surface area contributed by atoms with Crippen LogP contribution in [0, 0.1) is 5.92 Å². The molecule has 15 heavy (non-hydrogen) atoms. The van der Waals surface area contributed by atoms with E-state index in [9.17, 15) is 0 Å². The SMILES string of the molecule is CNCc1coc(CN(C)CC2CC2)c1. The number of rotatable bonds is 6. The van der Waals surface area contributed by atoms with Gasteiger partial charge in [0.25, 0.3) is 0 Å². The number of hydrogen-bond donors (Lipinski definition) is 1. The Hall–Kier alpha value is -0.800. The highest BCUT2D eigenvalue weighted by Gasteiger charge is 2.22. The van der Waals surface area contributed by atoms with Gasteiger partial charge in [-0.2, -0.15) is 0 Å². The second kappa shape index (κ2) is 4.81. The van der Waals surface area contributed by atoms with Gasteiger partial charge in [-0.25, -0.2) is 0 Å². The van der Waals surface area contributed by atoms with Crippen LogP contribution >= 0.6 is 0 Å². The minimum Gasteiger partial charge on any atom is -0.468 e. The standard InChI is InChI=1S/C12H20N2O/c1-13-6-11-5-12(15-9-11)8-14(2)7-10-3-4-10/h5,9-10,13H,3-4,6-8H2,1-2H3.